The predicted octanol–water partition coefficient (Wildman–Crippen LogP) is 4.68. The molecular formula is C22H26N4OS. The maximum Gasteiger partial charge on any atom is 0.191 e. The largest absolute Gasteiger partial charge is 0.383 e. The monoisotopic (exact) mass is 394 g/mol. The van der Waals surface area contributed by atoms with Crippen LogP contribution in [0, 0.1) is 12.3 Å². The third-order valence-corrected chi connectivity index (χ3v) is 6.13. The Morgan fingerprint density at radius 1 is 1.21 bits per heavy atom. The lowest BCUT2D eigenvalue weighted by atomic mass is 9.69. The van der Waals surface area contributed by atoms with Crippen molar-refractivity contribution in [1.82, 2.24) is 9.97 Å². The molecule has 0 spiro atoms. The van der Waals surface area contributed by atoms with E-state index in [1.54, 1.807) is 11.8 Å². The first-order valence-electron chi connectivity index (χ1n) is 9.69. The van der Waals surface area contributed by atoms with Gasteiger partial charge < -0.3 is 11.1 Å². The quantitative estimate of drug-likeness (QED) is 0.581. The predicted molar refractivity (Wildman–Crippen MR) is 115 cm³/mol. The lowest BCUT2D eigenvalue weighted by molar-refractivity contribution is -0.118. The van der Waals surface area contributed by atoms with Gasteiger partial charge in [-0.3, -0.25) is 4.79 Å². The molecule has 0 radical (unpaired) electrons. The first-order chi connectivity index (χ1) is 13.3. The number of thioether (sulfide) groups is 1. The average molecular weight is 395 g/mol. The topological polar surface area (TPSA) is 80.9 Å². The Morgan fingerprint density at radius 2 is 1.93 bits per heavy atom. The van der Waals surface area contributed by atoms with E-state index < -0.39 is 0 Å². The molecule has 0 bridgehead atoms. The van der Waals surface area contributed by atoms with Gasteiger partial charge in [-0.05, 0) is 30.1 Å². The summed E-state index contributed by atoms with van der Waals surface area (Å²) in [4.78, 5) is 22.5. The first kappa shape index (κ1) is 19.0. The molecule has 1 aliphatic carbocycles. The van der Waals surface area contributed by atoms with Crippen molar-refractivity contribution < 1.29 is 4.79 Å². The molecule has 1 aromatic heterocycles. The van der Waals surface area contributed by atoms with E-state index in [-0.39, 0.29) is 17.1 Å². The van der Waals surface area contributed by atoms with E-state index in [0.29, 0.717) is 17.4 Å². The fourth-order valence-electron chi connectivity index (χ4n) is 4.20. The minimum atomic E-state index is -0.226. The summed E-state index contributed by atoms with van der Waals surface area (Å²) in [5.74, 6) is 2.01. The molecule has 146 valence electrons. The van der Waals surface area contributed by atoms with Crippen LogP contribution in [0.1, 0.15) is 56.2 Å². The Morgan fingerprint density at radius 3 is 2.61 bits per heavy atom. The van der Waals surface area contributed by atoms with Crippen LogP contribution in [0.15, 0.2) is 40.7 Å². The average Bonchev–Trinajstić information content (AvgIpc) is 2.60. The number of carbonyl (C=O) groups excluding carboxylic acids is 1. The maximum absolute atomic E-state index is 13.2. The maximum atomic E-state index is 13.2. The van der Waals surface area contributed by atoms with Crippen LogP contribution >= 0.6 is 11.8 Å². The lowest BCUT2D eigenvalue weighted by Gasteiger charge is -2.39. The number of Topliss-reactive ketones (excluding diaryl/α,β-unsaturated/α-hetero) is 1. The number of rotatable bonds is 3. The highest BCUT2D eigenvalue weighted by Crippen LogP contribution is 2.50. The second-order valence-electron chi connectivity index (χ2n) is 8.39. The number of aromatic nitrogens is 2. The van der Waals surface area contributed by atoms with E-state index in [2.05, 4.69) is 62.3 Å². The molecule has 0 saturated carbocycles. The van der Waals surface area contributed by atoms with E-state index in [0.717, 1.165) is 40.4 Å². The molecule has 3 N–H and O–H groups in total. The zero-order valence-corrected chi connectivity index (χ0v) is 17.6. The standard InChI is InChI=1S/C22H26N4OS/c1-5-28-21-25-19(23)18-16(13-8-6-12(2)7-9-13)17-14(24-20(18)26-21)10-22(3,4)11-15(17)27/h6-9,16H,5,10-11H2,1-4H3,(H3,23,24,25,26)/t16-/m1/s1. The summed E-state index contributed by atoms with van der Waals surface area (Å²) in [6.07, 6.45) is 1.35. The Bertz CT molecular complexity index is 979. The van der Waals surface area contributed by atoms with Crippen LogP contribution in [0.25, 0.3) is 0 Å². The van der Waals surface area contributed by atoms with Gasteiger partial charge in [0.1, 0.15) is 11.6 Å². The zero-order chi connectivity index (χ0) is 20.1. The van der Waals surface area contributed by atoms with Crippen molar-refractivity contribution in [3.05, 3.63) is 52.2 Å². The molecule has 2 aromatic rings. The smallest absolute Gasteiger partial charge is 0.191 e. The second-order valence-corrected chi connectivity index (χ2v) is 9.62. The molecule has 0 unspecified atom stereocenters. The number of hydrogen-bond donors (Lipinski definition) is 2. The summed E-state index contributed by atoms with van der Waals surface area (Å²) >= 11 is 1.57. The molecule has 0 fully saturated rings. The van der Waals surface area contributed by atoms with E-state index in [1.165, 1.54) is 5.56 Å². The summed E-state index contributed by atoms with van der Waals surface area (Å²) in [5, 5.41) is 4.12. The van der Waals surface area contributed by atoms with Gasteiger partial charge in [-0.2, -0.15) is 0 Å². The number of anilines is 2. The van der Waals surface area contributed by atoms with E-state index in [4.69, 9.17) is 10.7 Å². The molecule has 28 heavy (non-hydrogen) atoms. The van der Waals surface area contributed by atoms with E-state index in [1.807, 2.05) is 0 Å². The van der Waals surface area contributed by atoms with Gasteiger partial charge in [0.15, 0.2) is 10.9 Å². The van der Waals surface area contributed by atoms with Gasteiger partial charge in [0.05, 0.1) is 0 Å². The summed E-state index contributed by atoms with van der Waals surface area (Å²) in [7, 11) is 0. The van der Waals surface area contributed by atoms with Crippen LogP contribution in [-0.2, 0) is 4.79 Å². The summed E-state index contributed by atoms with van der Waals surface area (Å²) in [6.45, 7) is 8.40. The number of carbonyl (C=O) groups is 1. The van der Waals surface area contributed by atoms with Crippen molar-refractivity contribution >= 4 is 29.2 Å². The minimum absolute atomic E-state index is 0.0716. The Labute approximate surface area is 170 Å². The normalized spacial score (nSPS) is 20.4. The van der Waals surface area contributed by atoms with Crippen LogP contribution in [0.5, 0.6) is 0 Å². The fourth-order valence-corrected chi connectivity index (χ4v) is 4.78. The lowest BCUT2D eigenvalue weighted by Crippen LogP contribution is -2.34. The number of allylic oxidation sites excluding steroid dienone is 2. The fraction of sp³-hybridized carbons (Fsp3) is 0.409. The van der Waals surface area contributed by atoms with Crippen molar-refractivity contribution in [2.45, 2.75) is 51.6 Å². The number of ketones is 1. The van der Waals surface area contributed by atoms with Crippen molar-refractivity contribution in [2.24, 2.45) is 5.41 Å². The molecule has 5 nitrogen and oxygen atoms in total. The highest BCUT2D eigenvalue weighted by Gasteiger charge is 2.42. The number of nitrogen functional groups attached to an aromatic ring is 1. The number of nitrogens with two attached hydrogens (primary N) is 1. The first-order valence-corrected chi connectivity index (χ1v) is 10.7. The number of fused-ring (bicyclic) bond motifs is 1. The van der Waals surface area contributed by atoms with Gasteiger partial charge in [0, 0.05) is 29.2 Å². The summed E-state index contributed by atoms with van der Waals surface area (Å²) in [5.41, 5.74) is 11.2. The number of benzene rings is 1. The van der Waals surface area contributed by atoms with Crippen LogP contribution in [0.2, 0.25) is 0 Å². The van der Waals surface area contributed by atoms with Crippen LogP contribution in [-0.4, -0.2) is 21.5 Å². The summed E-state index contributed by atoms with van der Waals surface area (Å²) in [6, 6.07) is 8.32. The minimum Gasteiger partial charge on any atom is -0.383 e. The number of hydrogen-bond acceptors (Lipinski definition) is 6. The Kier molecular flexibility index (Phi) is 4.70. The van der Waals surface area contributed by atoms with Crippen LogP contribution in [0.4, 0.5) is 11.6 Å². The van der Waals surface area contributed by atoms with Gasteiger partial charge in [-0.1, -0.05) is 62.4 Å². The van der Waals surface area contributed by atoms with Gasteiger partial charge in [-0.25, -0.2) is 9.97 Å². The van der Waals surface area contributed by atoms with Crippen molar-refractivity contribution in [3.8, 4) is 0 Å². The van der Waals surface area contributed by atoms with Crippen LogP contribution < -0.4 is 11.1 Å². The number of nitrogens with one attached hydrogen (secondary N) is 1. The zero-order valence-electron chi connectivity index (χ0n) is 16.8. The molecule has 4 rings (SSSR count). The van der Waals surface area contributed by atoms with Crippen molar-refractivity contribution in [2.75, 3.05) is 16.8 Å². The molecule has 6 heteroatoms. The molecule has 0 saturated heterocycles. The second kappa shape index (κ2) is 6.92. The van der Waals surface area contributed by atoms with Gasteiger partial charge in [-0.15, -0.1) is 0 Å². The van der Waals surface area contributed by atoms with Crippen molar-refractivity contribution in [3.63, 3.8) is 0 Å². The summed E-state index contributed by atoms with van der Waals surface area (Å²) < 4.78 is 0. The van der Waals surface area contributed by atoms with Gasteiger partial charge in [0.25, 0.3) is 0 Å². The SMILES string of the molecule is CCSc1nc(N)c2c(n1)NC1=C(C(=O)CC(C)(C)C1)[C@H]2c1ccc(C)cc1. The Balaban J connectivity index is 1.93. The van der Waals surface area contributed by atoms with Gasteiger partial charge in [0.2, 0.25) is 0 Å². The Hall–Kier alpha value is -2.34. The highest BCUT2D eigenvalue weighted by molar-refractivity contribution is 7.99. The molecule has 2 aliphatic rings. The number of aryl methyl sites for hydroxylation is 1. The van der Waals surface area contributed by atoms with E-state index >= 15 is 0 Å². The van der Waals surface area contributed by atoms with Crippen LogP contribution in [0.3, 0.4) is 0 Å². The molecule has 1 atom stereocenters. The highest BCUT2D eigenvalue weighted by atomic mass is 32.2. The molecule has 0 amide bonds. The van der Waals surface area contributed by atoms with Crippen molar-refractivity contribution in [1.29, 1.82) is 0 Å². The molecule has 1 aromatic carbocycles. The molecular weight excluding hydrogens is 368 g/mol. The number of nitrogens with zero attached hydrogens (tertiary/aromatic N) is 2. The molecule has 1 aliphatic heterocycles. The van der Waals surface area contributed by atoms with Gasteiger partial charge >= 0.3 is 0 Å². The van der Waals surface area contributed by atoms with E-state index in [9.17, 15) is 4.79 Å². The third kappa shape index (κ3) is 3.30. The molecule has 2 heterocycles. The third-order valence-electron chi connectivity index (χ3n) is 5.41.